The summed E-state index contributed by atoms with van der Waals surface area (Å²) in [6.45, 7) is 1.08. The van der Waals surface area contributed by atoms with Crippen LogP contribution in [-0.4, -0.2) is 24.7 Å². The first-order valence-electron chi connectivity index (χ1n) is 6.25. The van der Waals surface area contributed by atoms with Crippen LogP contribution in [0.3, 0.4) is 0 Å². The van der Waals surface area contributed by atoms with Crippen LogP contribution >= 0.6 is 0 Å². The number of halogens is 3. The topological polar surface area (TPSA) is 34.1 Å². The van der Waals surface area contributed by atoms with Crippen LogP contribution in [0.15, 0.2) is 18.3 Å². The maximum absolute atomic E-state index is 12.4. The first-order valence-corrected chi connectivity index (χ1v) is 6.25. The molecule has 0 bridgehead atoms. The normalized spacial score (nSPS) is 17.5. The third-order valence-electron chi connectivity index (χ3n) is 3.23. The molecule has 1 heterocycles. The molecule has 6 heteroatoms. The third-order valence-corrected chi connectivity index (χ3v) is 3.23. The number of rotatable bonds is 6. The molecular weight excluding hydrogens is 257 g/mol. The molecule has 0 amide bonds. The van der Waals surface area contributed by atoms with Crippen LogP contribution in [0.4, 0.5) is 13.2 Å². The Balaban J connectivity index is 1.88. The first kappa shape index (κ1) is 14.3. The van der Waals surface area contributed by atoms with Gasteiger partial charge in [0.2, 0.25) is 0 Å². The van der Waals surface area contributed by atoms with Crippen molar-refractivity contribution in [3.8, 4) is 0 Å². The van der Waals surface area contributed by atoms with Crippen LogP contribution in [0.5, 0.6) is 0 Å². The van der Waals surface area contributed by atoms with E-state index in [1.165, 1.54) is 18.9 Å². The van der Waals surface area contributed by atoms with Gasteiger partial charge >= 0.3 is 6.18 Å². The summed E-state index contributed by atoms with van der Waals surface area (Å²) in [4.78, 5) is 3.83. The third kappa shape index (κ3) is 4.18. The van der Waals surface area contributed by atoms with E-state index in [1.807, 2.05) is 0 Å². The first-order chi connectivity index (χ1) is 9.00. The quantitative estimate of drug-likeness (QED) is 0.866. The van der Waals surface area contributed by atoms with Crippen molar-refractivity contribution < 1.29 is 17.9 Å². The SMILES string of the molecule is COCC(NCc1ccc(C(F)(F)F)cn1)C1CC1. The molecule has 2 rings (SSSR count). The summed E-state index contributed by atoms with van der Waals surface area (Å²) in [5.41, 5.74) is -0.110. The molecule has 1 aliphatic rings. The molecule has 1 unspecified atom stereocenters. The molecule has 0 radical (unpaired) electrons. The minimum atomic E-state index is -4.33. The molecule has 1 N–H and O–H groups in total. The summed E-state index contributed by atoms with van der Waals surface area (Å²) in [5.74, 6) is 0.620. The van der Waals surface area contributed by atoms with Gasteiger partial charge in [0.25, 0.3) is 0 Å². The van der Waals surface area contributed by atoms with Gasteiger partial charge in [0.15, 0.2) is 0 Å². The van der Waals surface area contributed by atoms with E-state index in [4.69, 9.17) is 4.74 Å². The average molecular weight is 274 g/mol. The number of methoxy groups -OCH3 is 1. The lowest BCUT2D eigenvalue weighted by atomic mass is 10.2. The Kier molecular flexibility index (Phi) is 4.42. The van der Waals surface area contributed by atoms with Gasteiger partial charge in [-0.05, 0) is 30.9 Å². The highest BCUT2D eigenvalue weighted by molar-refractivity contribution is 5.16. The second-order valence-corrected chi connectivity index (χ2v) is 4.82. The predicted molar refractivity (Wildman–Crippen MR) is 64.5 cm³/mol. The fourth-order valence-corrected chi connectivity index (χ4v) is 1.97. The van der Waals surface area contributed by atoms with Crippen LogP contribution in [-0.2, 0) is 17.5 Å². The van der Waals surface area contributed by atoms with Gasteiger partial charge in [0, 0.05) is 25.9 Å². The fourth-order valence-electron chi connectivity index (χ4n) is 1.97. The average Bonchev–Trinajstić information content (AvgIpc) is 3.18. The molecule has 0 spiro atoms. The lowest BCUT2D eigenvalue weighted by molar-refractivity contribution is -0.137. The number of pyridine rings is 1. The van der Waals surface area contributed by atoms with E-state index in [-0.39, 0.29) is 6.04 Å². The molecule has 1 atom stereocenters. The van der Waals surface area contributed by atoms with E-state index < -0.39 is 11.7 Å². The summed E-state index contributed by atoms with van der Waals surface area (Å²) in [6.07, 6.45) is -1.09. The van der Waals surface area contributed by atoms with Crippen molar-refractivity contribution in [3.05, 3.63) is 29.6 Å². The van der Waals surface area contributed by atoms with Gasteiger partial charge in [0.05, 0.1) is 17.9 Å². The highest BCUT2D eigenvalue weighted by Crippen LogP contribution is 2.33. The smallest absolute Gasteiger partial charge is 0.383 e. The summed E-state index contributed by atoms with van der Waals surface area (Å²) >= 11 is 0. The lowest BCUT2D eigenvalue weighted by Gasteiger charge is -2.17. The van der Waals surface area contributed by atoms with Crippen molar-refractivity contribution in [2.45, 2.75) is 31.6 Å². The minimum absolute atomic E-state index is 0.258. The number of aromatic nitrogens is 1. The zero-order chi connectivity index (χ0) is 13.9. The van der Waals surface area contributed by atoms with Crippen molar-refractivity contribution in [2.75, 3.05) is 13.7 Å². The molecule has 0 saturated heterocycles. The van der Waals surface area contributed by atoms with Crippen LogP contribution in [0, 0.1) is 5.92 Å². The maximum atomic E-state index is 12.4. The molecule has 106 valence electrons. The van der Waals surface area contributed by atoms with E-state index in [2.05, 4.69) is 10.3 Å². The molecular formula is C13H17F3N2O. The number of ether oxygens (including phenoxy) is 1. The van der Waals surface area contributed by atoms with Gasteiger partial charge in [-0.25, -0.2) is 0 Å². The molecule has 1 aromatic rings. The van der Waals surface area contributed by atoms with Crippen LogP contribution < -0.4 is 5.32 Å². The Morgan fingerprint density at radius 2 is 2.16 bits per heavy atom. The standard InChI is InChI=1S/C13H17F3N2O/c1-19-8-12(9-2-3-9)18-7-11-5-4-10(6-17-11)13(14,15)16/h4-6,9,12,18H,2-3,7-8H2,1H3. The Labute approximate surface area is 110 Å². The molecule has 0 aliphatic heterocycles. The van der Waals surface area contributed by atoms with Gasteiger partial charge < -0.3 is 10.1 Å². The van der Waals surface area contributed by atoms with E-state index in [0.29, 0.717) is 24.8 Å². The van der Waals surface area contributed by atoms with E-state index >= 15 is 0 Å². The van der Waals surface area contributed by atoms with Crippen molar-refractivity contribution in [1.82, 2.24) is 10.3 Å². The minimum Gasteiger partial charge on any atom is -0.383 e. The second-order valence-electron chi connectivity index (χ2n) is 4.82. The molecule has 3 nitrogen and oxygen atoms in total. The zero-order valence-corrected chi connectivity index (χ0v) is 10.7. The predicted octanol–water partition coefficient (Wildman–Crippen LogP) is 2.62. The summed E-state index contributed by atoms with van der Waals surface area (Å²) in [5, 5.41) is 3.29. The number of hydrogen-bond donors (Lipinski definition) is 1. The van der Waals surface area contributed by atoms with E-state index in [1.54, 1.807) is 7.11 Å². The molecule has 1 aromatic heterocycles. The van der Waals surface area contributed by atoms with Gasteiger partial charge in [-0.1, -0.05) is 0 Å². The highest BCUT2D eigenvalue weighted by atomic mass is 19.4. The molecule has 0 aromatic carbocycles. The van der Waals surface area contributed by atoms with Gasteiger partial charge in [-0.3, -0.25) is 4.98 Å². The van der Waals surface area contributed by atoms with E-state index in [0.717, 1.165) is 12.3 Å². The molecule has 1 aliphatic carbocycles. The summed E-state index contributed by atoms with van der Waals surface area (Å²) in [6, 6.07) is 2.73. The van der Waals surface area contributed by atoms with Gasteiger partial charge in [0.1, 0.15) is 0 Å². The Hall–Kier alpha value is -1.14. The monoisotopic (exact) mass is 274 g/mol. The highest BCUT2D eigenvalue weighted by Gasteiger charge is 2.32. The van der Waals surface area contributed by atoms with Crippen molar-refractivity contribution in [1.29, 1.82) is 0 Å². The fraction of sp³-hybridized carbons (Fsp3) is 0.615. The second kappa shape index (κ2) is 5.88. The molecule has 19 heavy (non-hydrogen) atoms. The Morgan fingerprint density at radius 3 is 2.63 bits per heavy atom. The van der Waals surface area contributed by atoms with Crippen LogP contribution in [0.2, 0.25) is 0 Å². The largest absolute Gasteiger partial charge is 0.417 e. The Bertz CT molecular complexity index is 401. The van der Waals surface area contributed by atoms with E-state index in [9.17, 15) is 13.2 Å². The molecule has 1 fully saturated rings. The Morgan fingerprint density at radius 1 is 1.42 bits per heavy atom. The van der Waals surface area contributed by atoms with Crippen LogP contribution in [0.1, 0.15) is 24.1 Å². The number of hydrogen-bond acceptors (Lipinski definition) is 3. The van der Waals surface area contributed by atoms with Crippen molar-refractivity contribution in [2.24, 2.45) is 5.92 Å². The number of nitrogens with zero attached hydrogens (tertiary/aromatic N) is 1. The van der Waals surface area contributed by atoms with Crippen LogP contribution in [0.25, 0.3) is 0 Å². The number of alkyl halides is 3. The van der Waals surface area contributed by atoms with Gasteiger partial charge in [-0.2, -0.15) is 13.2 Å². The summed E-state index contributed by atoms with van der Waals surface area (Å²) < 4.78 is 42.3. The maximum Gasteiger partial charge on any atom is 0.417 e. The van der Waals surface area contributed by atoms with Gasteiger partial charge in [-0.15, -0.1) is 0 Å². The molecule has 1 saturated carbocycles. The number of nitrogens with one attached hydrogen (secondary N) is 1. The van der Waals surface area contributed by atoms with Crippen molar-refractivity contribution >= 4 is 0 Å². The summed E-state index contributed by atoms with van der Waals surface area (Å²) in [7, 11) is 1.65. The van der Waals surface area contributed by atoms with Crippen molar-refractivity contribution in [3.63, 3.8) is 0 Å². The zero-order valence-electron chi connectivity index (χ0n) is 10.7. The lowest BCUT2D eigenvalue weighted by Crippen LogP contribution is -2.34.